The van der Waals surface area contributed by atoms with Gasteiger partial charge in [-0.15, -0.1) is 0 Å². The van der Waals surface area contributed by atoms with Crippen LogP contribution in [0.1, 0.15) is 0 Å². The van der Waals surface area contributed by atoms with Crippen molar-refractivity contribution in [1.29, 1.82) is 0 Å². The molecule has 0 heterocycles. The molecule has 0 radical (unpaired) electrons. The molecule has 0 amide bonds. The van der Waals surface area contributed by atoms with Crippen LogP contribution in [0.4, 0.5) is 0 Å². The standard InChI is InChI=1S/O3P.Pb.H/c1-4(2)3;;/q-3;+3;. The quantitative estimate of drug-likeness (QED) is 0.345. The Kier molecular flexibility index (Phi) is 9.97. The van der Waals surface area contributed by atoms with Crippen LogP contribution >= 0.6 is 8.60 Å². The van der Waals surface area contributed by atoms with Gasteiger partial charge >= 0.3 is 27.3 Å². The average Bonchev–Trinajstić information content (AvgIpc) is 0.811. The van der Waals surface area contributed by atoms with Gasteiger partial charge in [-0.2, -0.15) is 0 Å². The SMILES string of the molecule is [O-]P([O-])[O-].[PbH+3]. The van der Waals surface area contributed by atoms with E-state index in [-0.39, 0.29) is 27.3 Å². The fourth-order valence-electron chi connectivity index (χ4n) is 0. The summed E-state index contributed by atoms with van der Waals surface area (Å²) in [5, 5.41) is 0. The number of hydrogen-bond acceptors (Lipinski definition) is 3. The molecule has 0 aromatic carbocycles. The molecule has 0 N–H and O–H groups in total. The van der Waals surface area contributed by atoms with Crippen molar-refractivity contribution in [1.82, 2.24) is 0 Å². The molecular formula is HO3PPb. The zero-order chi connectivity index (χ0) is 3.58. The molecule has 0 aliphatic carbocycles. The van der Waals surface area contributed by atoms with Crippen LogP contribution in [0.5, 0.6) is 0 Å². The molecule has 3 nitrogen and oxygen atoms in total. The van der Waals surface area contributed by atoms with Crippen molar-refractivity contribution in [2.24, 2.45) is 0 Å². The topological polar surface area (TPSA) is 69.2 Å². The van der Waals surface area contributed by atoms with Gasteiger partial charge in [0.25, 0.3) is 0 Å². The Bertz CT molecular complexity index is 11.6. The Balaban J connectivity index is 0. The molecule has 5 heavy (non-hydrogen) atoms. The molecule has 0 unspecified atom stereocenters. The summed E-state index contributed by atoms with van der Waals surface area (Å²) in [5.41, 5.74) is 0. The average molecular weight is 287 g/mol. The summed E-state index contributed by atoms with van der Waals surface area (Å²) in [5.74, 6) is 0. The van der Waals surface area contributed by atoms with E-state index in [2.05, 4.69) is 0 Å². The Morgan fingerprint density at radius 2 is 1.00 bits per heavy atom. The van der Waals surface area contributed by atoms with E-state index >= 15 is 0 Å². The third-order valence-electron chi connectivity index (χ3n) is 0. The van der Waals surface area contributed by atoms with Crippen LogP contribution in [0.15, 0.2) is 0 Å². The van der Waals surface area contributed by atoms with Crippen molar-refractivity contribution in [3.8, 4) is 0 Å². The van der Waals surface area contributed by atoms with Crippen LogP contribution in [0, 0.1) is 0 Å². The molecule has 28 valence electrons. The van der Waals surface area contributed by atoms with Gasteiger partial charge in [0, 0.05) is 0 Å². The maximum atomic E-state index is 8.48. The molecule has 0 atom stereocenters. The summed E-state index contributed by atoms with van der Waals surface area (Å²) in [6, 6.07) is 0. The summed E-state index contributed by atoms with van der Waals surface area (Å²) in [6.07, 6.45) is 0. The van der Waals surface area contributed by atoms with E-state index in [0.29, 0.717) is 0 Å². The summed E-state index contributed by atoms with van der Waals surface area (Å²) in [7, 11) is -3.37. The fraction of sp³-hybridized carbons (Fsp3) is 0. The predicted molar refractivity (Wildman–Crippen MR) is 14.1 cm³/mol. The van der Waals surface area contributed by atoms with Crippen LogP contribution in [-0.2, 0) is 0 Å². The molecule has 0 aromatic rings. The van der Waals surface area contributed by atoms with E-state index in [1.807, 2.05) is 0 Å². The van der Waals surface area contributed by atoms with Crippen molar-refractivity contribution < 1.29 is 14.7 Å². The number of rotatable bonds is 0. The van der Waals surface area contributed by atoms with Gasteiger partial charge in [-0.1, -0.05) is 0 Å². The summed E-state index contributed by atoms with van der Waals surface area (Å²) >= 11 is 0. The molecule has 0 aliphatic heterocycles. The Morgan fingerprint density at radius 3 is 1.00 bits per heavy atom. The third-order valence-corrected chi connectivity index (χ3v) is 0. The van der Waals surface area contributed by atoms with Crippen molar-refractivity contribution in [3.63, 3.8) is 0 Å². The Morgan fingerprint density at radius 1 is 1.00 bits per heavy atom. The Labute approximate surface area is 50.8 Å². The molecule has 0 saturated carbocycles. The first-order valence-corrected chi connectivity index (χ1v) is 1.64. The van der Waals surface area contributed by atoms with E-state index < -0.39 is 8.60 Å². The van der Waals surface area contributed by atoms with E-state index in [4.69, 9.17) is 14.7 Å². The molecule has 0 fully saturated rings. The molecular weight excluding hydrogens is 286 g/mol. The van der Waals surface area contributed by atoms with Gasteiger partial charge in [-0.05, 0) is 0 Å². The fourth-order valence-corrected chi connectivity index (χ4v) is 0. The zero-order valence-electron chi connectivity index (χ0n) is 2.25. The Hall–Kier alpha value is 1.23. The minimum atomic E-state index is -3.37. The minimum absolute atomic E-state index is 0. The summed E-state index contributed by atoms with van der Waals surface area (Å²) in [4.78, 5) is 25.4. The van der Waals surface area contributed by atoms with E-state index in [1.165, 1.54) is 0 Å². The van der Waals surface area contributed by atoms with E-state index in [0.717, 1.165) is 0 Å². The zero-order valence-corrected chi connectivity index (χ0v) is 7.63. The predicted octanol–water partition coefficient (Wildman–Crippen LogP) is -3.35. The maximum absolute atomic E-state index is 8.48. The summed E-state index contributed by atoms with van der Waals surface area (Å²) < 4.78 is 0. The van der Waals surface area contributed by atoms with Gasteiger partial charge in [0.2, 0.25) is 0 Å². The molecule has 5 heteroatoms. The monoisotopic (exact) mass is 288 g/mol. The third kappa shape index (κ3) is 36.0. The molecule has 0 saturated heterocycles. The first kappa shape index (κ1) is 9.53. The van der Waals surface area contributed by atoms with Crippen molar-refractivity contribution in [2.75, 3.05) is 0 Å². The molecule has 0 aliphatic rings. The van der Waals surface area contributed by atoms with Crippen LogP contribution in [-0.4, -0.2) is 27.3 Å². The second kappa shape index (κ2) is 5.23. The molecule has 0 rings (SSSR count). The van der Waals surface area contributed by atoms with E-state index in [9.17, 15) is 0 Å². The van der Waals surface area contributed by atoms with Gasteiger partial charge < -0.3 is 23.3 Å². The normalized spacial score (nSPS) is 7.20. The van der Waals surface area contributed by atoms with E-state index in [1.54, 1.807) is 0 Å². The molecule has 0 bridgehead atoms. The van der Waals surface area contributed by atoms with Gasteiger partial charge in [-0.25, -0.2) is 0 Å². The van der Waals surface area contributed by atoms with Gasteiger partial charge in [0.15, 0.2) is 0 Å². The second-order valence-corrected chi connectivity index (χ2v) is 0.671. The van der Waals surface area contributed by atoms with Gasteiger partial charge in [0.1, 0.15) is 0 Å². The van der Waals surface area contributed by atoms with Crippen LogP contribution < -0.4 is 14.7 Å². The first-order valence-electron chi connectivity index (χ1n) is 0.548. The van der Waals surface area contributed by atoms with Gasteiger partial charge in [-0.3, -0.25) is 0 Å². The summed E-state index contributed by atoms with van der Waals surface area (Å²) in [6.45, 7) is 0. The first-order chi connectivity index (χ1) is 1.73. The van der Waals surface area contributed by atoms with Crippen molar-refractivity contribution in [3.05, 3.63) is 0 Å². The van der Waals surface area contributed by atoms with Crippen molar-refractivity contribution >= 4 is 35.9 Å². The van der Waals surface area contributed by atoms with Crippen LogP contribution in [0.2, 0.25) is 0 Å². The van der Waals surface area contributed by atoms with Gasteiger partial charge in [0.05, 0.1) is 0 Å². The van der Waals surface area contributed by atoms with Crippen LogP contribution in [0.3, 0.4) is 0 Å². The van der Waals surface area contributed by atoms with Crippen molar-refractivity contribution in [2.45, 2.75) is 0 Å². The second-order valence-electron chi connectivity index (χ2n) is 0.224. The molecule has 0 spiro atoms. The molecule has 0 aromatic heterocycles. The number of hydrogen-bond donors (Lipinski definition) is 0. The van der Waals surface area contributed by atoms with Crippen LogP contribution in [0.25, 0.3) is 0 Å².